The van der Waals surface area contributed by atoms with Crippen LogP contribution in [0.5, 0.6) is 0 Å². The van der Waals surface area contributed by atoms with Gasteiger partial charge in [-0.25, -0.2) is 8.78 Å². The van der Waals surface area contributed by atoms with Crippen LogP contribution in [0, 0.1) is 0 Å². The minimum atomic E-state index is -2.45. The van der Waals surface area contributed by atoms with E-state index in [9.17, 15) is 8.78 Å². The first-order chi connectivity index (χ1) is 6.70. The maximum absolute atomic E-state index is 12.0. The summed E-state index contributed by atoms with van der Waals surface area (Å²) in [5.41, 5.74) is 6.17. The van der Waals surface area contributed by atoms with Gasteiger partial charge >= 0.3 is 0 Å². The summed E-state index contributed by atoms with van der Waals surface area (Å²) in [6.07, 6.45) is 1.22. The normalized spacial score (nSPS) is 13.7. The highest BCUT2D eigenvalue weighted by Gasteiger charge is 2.12. The van der Waals surface area contributed by atoms with Gasteiger partial charge in [-0.05, 0) is 12.0 Å². The van der Waals surface area contributed by atoms with Crippen LogP contribution in [0.15, 0.2) is 36.4 Å². The lowest BCUT2D eigenvalue weighted by Gasteiger charge is -2.05. The van der Waals surface area contributed by atoms with Gasteiger partial charge in [0.05, 0.1) is 6.04 Å². The van der Waals surface area contributed by atoms with Crippen molar-refractivity contribution in [3.63, 3.8) is 0 Å². The van der Waals surface area contributed by atoms with Gasteiger partial charge in [-0.3, -0.25) is 0 Å². The standard InChI is InChI=1S/C11H13F2N/c12-11(13)10(14)8-4-7-9-5-2-1-3-6-9/h1-7,10-11H,8,14H2/b7-4+. The van der Waals surface area contributed by atoms with E-state index in [1.165, 1.54) is 0 Å². The molecular weight excluding hydrogens is 184 g/mol. The summed E-state index contributed by atoms with van der Waals surface area (Å²) in [7, 11) is 0. The van der Waals surface area contributed by atoms with Crippen molar-refractivity contribution in [2.24, 2.45) is 5.73 Å². The molecule has 1 unspecified atom stereocenters. The molecule has 1 rings (SSSR count). The third-order valence-electron chi connectivity index (χ3n) is 1.84. The molecule has 1 aromatic carbocycles. The van der Waals surface area contributed by atoms with E-state index < -0.39 is 12.5 Å². The number of hydrogen-bond acceptors (Lipinski definition) is 1. The molecule has 0 aliphatic carbocycles. The number of benzene rings is 1. The molecule has 0 bridgehead atoms. The highest BCUT2D eigenvalue weighted by Crippen LogP contribution is 2.06. The molecule has 0 fully saturated rings. The smallest absolute Gasteiger partial charge is 0.253 e. The van der Waals surface area contributed by atoms with E-state index in [2.05, 4.69) is 0 Å². The summed E-state index contributed by atoms with van der Waals surface area (Å²) >= 11 is 0. The summed E-state index contributed by atoms with van der Waals surface area (Å²) in [5.74, 6) is 0. The molecule has 1 atom stereocenters. The Morgan fingerprint density at radius 3 is 2.43 bits per heavy atom. The summed E-state index contributed by atoms with van der Waals surface area (Å²) in [6.45, 7) is 0. The lowest BCUT2D eigenvalue weighted by atomic mass is 10.1. The number of alkyl halides is 2. The van der Waals surface area contributed by atoms with Crippen LogP contribution in [0.25, 0.3) is 6.08 Å². The van der Waals surface area contributed by atoms with E-state index in [4.69, 9.17) is 5.73 Å². The molecule has 1 aromatic rings. The molecule has 0 aliphatic heterocycles. The number of nitrogens with two attached hydrogens (primary N) is 1. The maximum Gasteiger partial charge on any atom is 0.253 e. The lowest BCUT2D eigenvalue weighted by Crippen LogP contribution is -2.27. The van der Waals surface area contributed by atoms with Crippen molar-refractivity contribution >= 4 is 6.08 Å². The summed E-state index contributed by atoms with van der Waals surface area (Å²) in [6, 6.07) is 8.45. The van der Waals surface area contributed by atoms with E-state index in [1.807, 2.05) is 30.3 Å². The zero-order valence-electron chi connectivity index (χ0n) is 7.74. The molecule has 1 nitrogen and oxygen atoms in total. The average molecular weight is 197 g/mol. The topological polar surface area (TPSA) is 26.0 Å². The molecule has 0 spiro atoms. The van der Waals surface area contributed by atoms with Crippen molar-refractivity contribution in [1.82, 2.24) is 0 Å². The Balaban J connectivity index is 2.42. The van der Waals surface area contributed by atoms with Crippen molar-refractivity contribution in [3.8, 4) is 0 Å². The Morgan fingerprint density at radius 1 is 1.21 bits per heavy atom. The van der Waals surface area contributed by atoms with Gasteiger partial charge in [0.15, 0.2) is 0 Å². The largest absolute Gasteiger partial charge is 0.323 e. The highest BCUT2D eigenvalue weighted by atomic mass is 19.3. The van der Waals surface area contributed by atoms with Crippen LogP contribution < -0.4 is 5.73 Å². The summed E-state index contributed by atoms with van der Waals surface area (Å²) < 4.78 is 24.0. The van der Waals surface area contributed by atoms with Crippen molar-refractivity contribution in [2.45, 2.75) is 18.9 Å². The van der Waals surface area contributed by atoms with E-state index in [0.717, 1.165) is 5.56 Å². The summed E-state index contributed by atoms with van der Waals surface area (Å²) in [4.78, 5) is 0. The fourth-order valence-corrected chi connectivity index (χ4v) is 1.03. The zero-order chi connectivity index (χ0) is 10.4. The van der Waals surface area contributed by atoms with E-state index >= 15 is 0 Å². The Hall–Kier alpha value is -1.22. The van der Waals surface area contributed by atoms with Crippen LogP contribution in [-0.2, 0) is 0 Å². The van der Waals surface area contributed by atoms with Gasteiger partial charge in [-0.2, -0.15) is 0 Å². The van der Waals surface area contributed by atoms with Gasteiger partial charge in [0.1, 0.15) is 0 Å². The Labute approximate surface area is 82.2 Å². The van der Waals surface area contributed by atoms with Crippen LogP contribution in [-0.4, -0.2) is 12.5 Å². The fourth-order valence-electron chi connectivity index (χ4n) is 1.03. The van der Waals surface area contributed by atoms with Gasteiger partial charge in [0.2, 0.25) is 0 Å². The van der Waals surface area contributed by atoms with E-state index in [0.29, 0.717) is 0 Å². The monoisotopic (exact) mass is 197 g/mol. The minimum Gasteiger partial charge on any atom is -0.323 e. The van der Waals surface area contributed by atoms with Crippen LogP contribution >= 0.6 is 0 Å². The van der Waals surface area contributed by atoms with Gasteiger partial charge in [0.25, 0.3) is 6.43 Å². The fraction of sp³-hybridized carbons (Fsp3) is 0.273. The predicted molar refractivity (Wildman–Crippen MR) is 54.1 cm³/mol. The zero-order valence-corrected chi connectivity index (χ0v) is 7.74. The Morgan fingerprint density at radius 2 is 1.86 bits per heavy atom. The molecular formula is C11H13F2N. The second-order valence-corrected chi connectivity index (χ2v) is 3.05. The first-order valence-corrected chi connectivity index (χ1v) is 4.45. The number of hydrogen-bond donors (Lipinski definition) is 1. The van der Waals surface area contributed by atoms with Crippen LogP contribution in [0.4, 0.5) is 8.78 Å². The molecule has 0 heterocycles. The van der Waals surface area contributed by atoms with Crippen LogP contribution in [0.1, 0.15) is 12.0 Å². The van der Waals surface area contributed by atoms with Crippen molar-refractivity contribution < 1.29 is 8.78 Å². The average Bonchev–Trinajstić information content (AvgIpc) is 2.19. The van der Waals surface area contributed by atoms with Gasteiger partial charge in [0, 0.05) is 0 Å². The van der Waals surface area contributed by atoms with Crippen molar-refractivity contribution in [1.29, 1.82) is 0 Å². The molecule has 0 radical (unpaired) electrons. The molecule has 0 saturated carbocycles. The SMILES string of the molecule is NC(C/C=C/c1ccccc1)C(F)F. The predicted octanol–water partition coefficient (Wildman–Crippen LogP) is 2.68. The molecule has 2 N–H and O–H groups in total. The molecule has 76 valence electrons. The van der Waals surface area contributed by atoms with Crippen molar-refractivity contribution in [2.75, 3.05) is 0 Å². The Kier molecular flexibility index (Phi) is 4.26. The number of halogens is 2. The van der Waals surface area contributed by atoms with E-state index in [1.54, 1.807) is 12.2 Å². The quantitative estimate of drug-likeness (QED) is 0.789. The van der Waals surface area contributed by atoms with Gasteiger partial charge < -0.3 is 5.73 Å². The third-order valence-corrected chi connectivity index (χ3v) is 1.84. The summed E-state index contributed by atoms with van der Waals surface area (Å²) in [5, 5.41) is 0. The number of rotatable bonds is 4. The van der Waals surface area contributed by atoms with Gasteiger partial charge in [-0.15, -0.1) is 0 Å². The highest BCUT2D eigenvalue weighted by molar-refractivity contribution is 5.48. The molecule has 0 aromatic heterocycles. The molecule has 0 aliphatic rings. The Bertz CT molecular complexity index is 283. The first kappa shape index (κ1) is 10.9. The molecule has 0 saturated heterocycles. The molecule has 3 heteroatoms. The molecule has 14 heavy (non-hydrogen) atoms. The maximum atomic E-state index is 12.0. The van der Waals surface area contributed by atoms with Crippen LogP contribution in [0.2, 0.25) is 0 Å². The third kappa shape index (κ3) is 3.66. The van der Waals surface area contributed by atoms with Gasteiger partial charge in [-0.1, -0.05) is 42.5 Å². The van der Waals surface area contributed by atoms with Crippen molar-refractivity contribution in [3.05, 3.63) is 42.0 Å². The first-order valence-electron chi connectivity index (χ1n) is 4.45. The van der Waals surface area contributed by atoms with Crippen LogP contribution in [0.3, 0.4) is 0 Å². The second-order valence-electron chi connectivity index (χ2n) is 3.05. The second kappa shape index (κ2) is 5.50. The van der Waals surface area contributed by atoms with E-state index in [-0.39, 0.29) is 6.42 Å². The minimum absolute atomic E-state index is 0.201. The lowest BCUT2D eigenvalue weighted by molar-refractivity contribution is 0.117. The molecule has 0 amide bonds.